The van der Waals surface area contributed by atoms with Gasteiger partial charge in [0.1, 0.15) is 0 Å². The molecule has 0 aliphatic heterocycles. The van der Waals surface area contributed by atoms with Gasteiger partial charge < -0.3 is 0 Å². The van der Waals surface area contributed by atoms with Crippen molar-refractivity contribution in [2.45, 2.75) is 87.9 Å². The first kappa shape index (κ1) is 34.9. The Kier molecular flexibility index (Phi) is 50.7. The van der Waals surface area contributed by atoms with Crippen molar-refractivity contribution in [2.24, 2.45) is 11.8 Å². The topological polar surface area (TPSA) is 0 Å². The van der Waals surface area contributed by atoms with E-state index in [0.717, 1.165) is 11.8 Å². The summed E-state index contributed by atoms with van der Waals surface area (Å²) in [6.45, 7) is 9.17. The molecule has 0 bridgehead atoms. The van der Waals surface area contributed by atoms with Crippen molar-refractivity contribution in [1.29, 1.82) is 0 Å². The van der Waals surface area contributed by atoms with Gasteiger partial charge in [-0.25, -0.2) is 0 Å². The zero-order valence-corrected chi connectivity index (χ0v) is 23.4. The number of rotatable bonds is 10. The fraction of sp³-hybridized carbons (Fsp3) is 1.00. The number of hydrogen-bond acceptors (Lipinski definition) is 0. The Morgan fingerprint density at radius 2 is 0.905 bits per heavy atom. The fourth-order valence-electron chi connectivity index (χ4n) is 1.89. The molecule has 0 amide bonds. The smallest absolute Gasteiger partial charge is 0.197 e. The zero-order valence-electron chi connectivity index (χ0n) is 14.7. The maximum Gasteiger partial charge on any atom is -0.197 e. The van der Waals surface area contributed by atoms with E-state index in [2.05, 4.69) is 27.7 Å². The molecule has 0 heterocycles. The molecule has 2 unspecified atom stereocenters. The summed E-state index contributed by atoms with van der Waals surface area (Å²) in [6, 6.07) is 0. The zero-order chi connectivity index (χ0) is 14.2. The van der Waals surface area contributed by atoms with Gasteiger partial charge in [-0.05, 0) is 0 Å². The molecule has 2 atom stereocenters. The van der Waals surface area contributed by atoms with Crippen LogP contribution in [0, 0.1) is 11.8 Å². The summed E-state index contributed by atoms with van der Waals surface area (Å²) in [5, 5.41) is 0. The summed E-state index contributed by atoms with van der Waals surface area (Å²) < 4.78 is 2.92. The van der Waals surface area contributed by atoms with E-state index in [-0.39, 0.29) is 40.5 Å². The van der Waals surface area contributed by atoms with Crippen molar-refractivity contribution in [3.63, 3.8) is 0 Å². The Hall–Kier alpha value is 2.65. The van der Waals surface area contributed by atoms with Crippen LogP contribution in [0.2, 0.25) is 8.87 Å². The first-order valence-electron chi connectivity index (χ1n) is 7.99. The fourth-order valence-corrected chi connectivity index (χ4v) is 4.70. The molecule has 0 spiro atoms. The molecule has 0 saturated heterocycles. The quantitative estimate of drug-likeness (QED) is 0.289. The predicted octanol–water partition coefficient (Wildman–Crippen LogP) is 5.92. The molecule has 0 aliphatic rings. The molecule has 6 radical (unpaired) electrons. The van der Waals surface area contributed by atoms with Crippen LogP contribution in [0.3, 0.4) is 0 Å². The molecule has 0 nitrogen and oxygen atoms in total. The molecule has 0 aliphatic carbocycles. The van der Waals surface area contributed by atoms with Crippen LogP contribution in [0.4, 0.5) is 0 Å². The third-order valence-corrected chi connectivity index (χ3v) is 6.96. The Labute approximate surface area is 183 Å². The molecule has 0 N–H and O–H groups in total. The van der Waals surface area contributed by atoms with Crippen molar-refractivity contribution < 1.29 is 0 Å². The number of hydrogen-bond donors (Lipinski definition) is 0. The SMILES string of the molecule is CCCCC(CC)[CH2][Sn].CCCCC(CC)[CH2][Sn].S.S.S. The van der Waals surface area contributed by atoms with Crippen LogP contribution in [-0.2, 0) is 0 Å². The van der Waals surface area contributed by atoms with Gasteiger partial charge in [-0.15, -0.1) is 0 Å². The average molecular weight is 566 g/mol. The minimum absolute atomic E-state index is 0. The number of unbranched alkanes of at least 4 members (excludes halogenated alkanes) is 2. The van der Waals surface area contributed by atoms with E-state index >= 15 is 0 Å². The summed E-state index contributed by atoms with van der Waals surface area (Å²) in [4.78, 5) is 0. The second kappa shape index (κ2) is 30.5. The van der Waals surface area contributed by atoms with Gasteiger partial charge in [0.2, 0.25) is 0 Å². The van der Waals surface area contributed by atoms with E-state index in [9.17, 15) is 0 Å². The van der Waals surface area contributed by atoms with Gasteiger partial charge in [0, 0.05) is 0 Å². The maximum atomic E-state index is 2.31. The van der Waals surface area contributed by atoms with Crippen LogP contribution >= 0.6 is 40.5 Å². The van der Waals surface area contributed by atoms with Gasteiger partial charge in [0.05, 0.1) is 0 Å². The minimum Gasteiger partial charge on any atom is -0.197 e. The minimum atomic E-state index is 0. The average Bonchev–Trinajstić information content (AvgIpc) is 2.42. The molecule has 0 rings (SSSR count). The second-order valence-corrected chi connectivity index (χ2v) is 7.57. The molecular formula is C16H40S3Sn2. The molecule has 0 aromatic heterocycles. The van der Waals surface area contributed by atoms with Gasteiger partial charge in [0.25, 0.3) is 0 Å². The Morgan fingerprint density at radius 1 is 0.619 bits per heavy atom. The molecule has 5 heteroatoms. The van der Waals surface area contributed by atoms with Gasteiger partial charge in [-0.3, -0.25) is 0 Å². The molecular weight excluding hydrogens is 526 g/mol. The van der Waals surface area contributed by atoms with Crippen LogP contribution in [-0.4, -0.2) is 45.0 Å². The molecule has 0 aromatic rings. The summed E-state index contributed by atoms with van der Waals surface area (Å²) >= 11 is 3.43. The van der Waals surface area contributed by atoms with Crippen molar-refractivity contribution in [1.82, 2.24) is 0 Å². The third kappa shape index (κ3) is 27.8. The van der Waals surface area contributed by atoms with Crippen molar-refractivity contribution in [3.05, 3.63) is 0 Å². The maximum absolute atomic E-state index is 2.31. The summed E-state index contributed by atoms with van der Waals surface area (Å²) in [6.07, 6.45) is 11.3. The van der Waals surface area contributed by atoms with Crippen LogP contribution in [0.1, 0.15) is 79.1 Å². The molecule has 21 heavy (non-hydrogen) atoms. The third-order valence-electron chi connectivity index (χ3n) is 3.66. The molecule has 0 fully saturated rings. The van der Waals surface area contributed by atoms with Crippen molar-refractivity contribution in [3.8, 4) is 0 Å². The largest absolute Gasteiger partial charge is 0.197 e. The van der Waals surface area contributed by atoms with Gasteiger partial charge in [-0.2, -0.15) is 40.5 Å². The van der Waals surface area contributed by atoms with Crippen LogP contribution in [0.5, 0.6) is 0 Å². The van der Waals surface area contributed by atoms with E-state index in [1.165, 1.54) is 60.2 Å². The Bertz CT molecular complexity index is 125. The summed E-state index contributed by atoms with van der Waals surface area (Å²) in [5.74, 6) is 2.09. The second-order valence-electron chi connectivity index (χ2n) is 5.24. The Balaban J connectivity index is -0.0000000711. The standard InChI is InChI=1S/2C8H17.3H2S.2Sn/c2*1-4-6-7-8(3)5-2;;;;;/h2*8H,3-7H2,1-2H3;3*1H2;;. The van der Waals surface area contributed by atoms with E-state index in [1.807, 2.05) is 0 Å². The van der Waals surface area contributed by atoms with Crippen LogP contribution in [0.15, 0.2) is 0 Å². The molecule has 0 aromatic carbocycles. The molecule has 0 saturated carbocycles. The summed E-state index contributed by atoms with van der Waals surface area (Å²) in [7, 11) is 0. The van der Waals surface area contributed by atoms with E-state index < -0.39 is 0 Å². The Morgan fingerprint density at radius 3 is 1.05 bits per heavy atom. The molecule has 130 valence electrons. The van der Waals surface area contributed by atoms with E-state index in [0.29, 0.717) is 0 Å². The van der Waals surface area contributed by atoms with Crippen molar-refractivity contribution >= 4 is 85.5 Å². The normalized spacial score (nSPS) is 11.7. The first-order chi connectivity index (χ1) is 8.69. The van der Waals surface area contributed by atoms with Gasteiger partial charge in [-0.1, -0.05) is 0 Å². The monoisotopic (exact) mass is 568 g/mol. The van der Waals surface area contributed by atoms with E-state index in [1.54, 1.807) is 45.0 Å². The predicted molar refractivity (Wildman–Crippen MR) is 119 cm³/mol. The first-order valence-corrected chi connectivity index (χ1v) is 12.0. The van der Waals surface area contributed by atoms with E-state index in [4.69, 9.17) is 0 Å². The van der Waals surface area contributed by atoms with Crippen LogP contribution in [0.25, 0.3) is 0 Å². The summed E-state index contributed by atoms with van der Waals surface area (Å²) in [5.41, 5.74) is 0. The van der Waals surface area contributed by atoms with Crippen molar-refractivity contribution in [2.75, 3.05) is 0 Å². The van der Waals surface area contributed by atoms with Gasteiger partial charge in [0.15, 0.2) is 0 Å². The van der Waals surface area contributed by atoms with Crippen LogP contribution < -0.4 is 0 Å². The van der Waals surface area contributed by atoms with Gasteiger partial charge >= 0.3 is 145 Å².